The monoisotopic (exact) mass is 361 g/mol. The minimum absolute atomic E-state index is 0. The van der Waals surface area contributed by atoms with Crippen LogP contribution in [0.4, 0.5) is 0 Å². The quantitative estimate of drug-likeness (QED) is 0.756. The van der Waals surface area contributed by atoms with Gasteiger partial charge in [-0.15, -0.1) is 35.5 Å². The Morgan fingerprint density at radius 3 is 3.05 bits per heavy atom. The second-order valence-corrected chi connectivity index (χ2v) is 6.58. The second kappa shape index (κ2) is 9.89. The van der Waals surface area contributed by atoms with Crippen molar-refractivity contribution < 1.29 is 9.32 Å². The zero-order valence-corrected chi connectivity index (χ0v) is 14.9. The molecule has 2 N–H and O–H groups in total. The highest BCUT2D eigenvalue weighted by molar-refractivity contribution is 7.99. The molecule has 8 heteroatoms. The number of hydrogen-bond donors (Lipinski definition) is 2. The zero-order valence-electron chi connectivity index (χ0n) is 12.5. The third-order valence-electron chi connectivity index (χ3n) is 2.90. The molecule has 0 aliphatic heterocycles. The normalized spacial score (nSPS) is 11.7. The van der Waals surface area contributed by atoms with E-state index in [-0.39, 0.29) is 24.4 Å². The van der Waals surface area contributed by atoms with Gasteiger partial charge < -0.3 is 15.2 Å². The summed E-state index contributed by atoms with van der Waals surface area (Å²) in [5.41, 5.74) is 0.861. The molecule has 2 rings (SSSR count). The lowest BCUT2D eigenvalue weighted by Crippen LogP contribution is -2.37. The van der Waals surface area contributed by atoms with Crippen molar-refractivity contribution in [2.45, 2.75) is 18.7 Å². The van der Waals surface area contributed by atoms with Gasteiger partial charge >= 0.3 is 0 Å². The summed E-state index contributed by atoms with van der Waals surface area (Å²) in [4.78, 5) is 12.7. The lowest BCUT2D eigenvalue weighted by atomic mass is 10.3. The fraction of sp³-hybridized carbons (Fsp3) is 0.429. The lowest BCUT2D eigenvalue weighted by Gasteiger charge is -2.10. The molecule has 0 spiro atoms. The molecule has 2 aromatic rings. The first kappa shape index (κ1) is 19.0. The molecule has 0 aromatic carbocycles. The first-order valence-electron chi connectivity index (χ1n) is 6.70. The number of rotatable bonds is 8. The summed E-state index contributed by atoms with van der Waals surface area (Å²) in [6.45, 7) is 2.66. The summed E-state index contributed by atoms with van der Waals surface area (Å²) in [7, 11) is 1.88. The van der Waals surface area contributed by atoms with Gasteiger partial charge in [-0.1, -0.05) is 11.2 Å². The average molecular weight is 362 g/mol. The van der Waals surface area contributed by atoms with Crippen LogP contribution in [0.1, 0.15) is 12.6 Å². The van der Waals surface area contributed by atoms with E-state index in [1.165, 1.54) is 11.8 Å². The second-order valence-electron chi connectivity index (χ2n) is 4.65. The van der Waals surface area contributed by atoms with E-state index in [9.17, 15) is 4.79 Å². The molecule has 0 saturated carbocycles. The van der Waals surface area contributed by atoms with Crippen LogP contribution in [-0.2, 0) is 10.5 Å². The fourth-order valence-corrected chi connectivity index (χ4v) is 2.99. The molecule has 2 heterocycles. The molecule has 0 saturated heterocycles. The van der Waals surface area contributed by atoms with Crippen molar-refractivity contribution in [2.24, 2.45) is 0 Å². The average Bonchev–Trinajstić information content (AvgIpc) is 3.15. The topological polar surface area (TPSA) is 67.2 Å². The Hall–Kier alpha value is -1.02. The fourth-order valence-electron chi connectivity index (χ4n) is 1.58. The van der Waals surface area contributed by atoms with E-state index in [0.29, 0.717) is 18.1 Å². The third kappa shape index (κ3) is 6.00. The van der Waals surface area contributed by atoms with Gasteiger partial charge in [0.25, 0.3) is 0 Å². The van der Waals surface area contributed by atoms with Crippen molar-refractivity contribution in [2.75, 3.05) is 19.3 Å². The van der Waals surface area contributed by atoms with Crippen LogP contribution < -0.4 is 10.6 Å². The van der Waals surface area contributed by atoms with E-state index in [1.54, 1.807) is 11.3 Å². The van der Waals surface area contributed by atoms with Gasteiger partial charge in [-0.05, 0) is 25.4 Å². The van der Waals surface area contributed by atoms with Gasteiger partial charge in [0.1, 0.15) is 0 Å². The predicted octanol–water partition coefficient (Wildman–Crippen LogP) is 2.78. The van der Waals surface area contributed by atoms with Crippen molar-refractivity contribution in [3.05, 3.63) is 29.3 Å². The largest absolute Gasteiger partial charge is 0.355 e. The van der Waals surface area contributed by atoms with Crippen molar-refractivity contribution in [3.63, 3.8) is 0 Å². The molecular formula is C14H20ClN3O2S2. The third-order valence-corrected chi connectivity index (χ3v) is 4.75. The van der Waals surface area contributed by atoms with Gasteiger partial charge in [-0.3, -0.25) is 4.79 Å². The number of thiophene rings is 1. The van der Waals surface area contributed by atoms with Crippen LogP contribution in [0.5, 0.6) is 0 Å². The van der Waals surface area contributed by atoms with Crippen LogP contribution in [0, 0.1) is 0 Å². The Morgan fingerprint density at radius 2 is 2.36 bits per heavy atom. The van der Waals surface area contributed by atoms with Crippen LogP contribution in [0.2, 0.25) is 0 Å². The van der Waals surface area contributed by atoms with Crippen LogP contribution >= 0.6 is 35.5 Å². The van der Waals surface area contributed by atoms with Gasteiger partial charge in [0.2, 0.25) is 5.91 Å². The Labute approximate surface area is 144 Å². The lowest BCUT2D eigenvalue weighted by molar-refractivity contribution is -0.118. The van der Waals surface area contributed by atoms with Crippen LogP contribution in [-0.4, -0.2) is 36.5 Å². The van der Waals surface area contributed by atoms with Crippen molar-refractivity contribution >= 4 is 41.4 Å². The Morgan fingerprint density at radius 1 is 1.55 bits per heavy atom. The van der Waals surface area contributed by atoms with Crippen LogP contribution in [0.25, 0.3) is 10.6 Å². The maximum atomic E-state index is 11.6. The van der Waals surface area contributed by atoms with Gasteiger partial charge in [0, 0.05) is 24.4 Å². The first-order chi connectivity index (χ1) is 10.2. The van der Waals surface area contributed by atoms with Crippen molar-refractivity contribution in [1.82, 2.24) is 15.8 Å². The number of carbonyl (C=O) groups excluding carboxylic acids is 1. The highest BCUT2D eigenvalue weighted by Crippen LogP contribution is 2.26. The molecular weight excluding hydrogens is 342 g/mol. The number of thioether (sulfide) groups is 1. The smallest absolute Gasteiger partial charge is 0.230 e. The minimum Gasteiger partial charge on any atom is -0.355 e. The zero-order chi connectivity index (χ0) is 15.1. The Kier molecular flexibility index (Phi) is 8.55. The molecule has 0 aliphatic carbocycles. The number of aromatic nitrogens is 1. The molecule has 122 valence electrons. The number of likely N-dealkylation sites (N-methyl/N-ethyl adjacent to an activating group) is 1. The number of nitrogens with zero attached hydrogens (tertiary/aromatic N) is 1. The van der Waals surface area contributed by atoms with Crippen molar-refractivity contribution in [1.29, 1.82) is 0 Å². The van der Waals surface area contributed by atoms with Crippen LogP contribution in [0.3, 0.4) is 0 Å². The summed E-state index contributed by atoms with van der Waals surface area (Å²) in [6, 6.07) is 6.19. The molecule has 5 nitrogen and oxygen atoms in total. The van der Waals surface area contributed by atoms with E-state index in [4.69, 9.17) is 4.52 Å². The minimum atomic E-state index is 0. The van der Waals surface area contributed by atoms with Gasteiger partial charge in [-0.2, -0.15) is 0 Å². The summed E-state index contributed by atoms with van der Waals surface area (Å²) in [6.07, 6.45) is 0. The highest BCUT2D eigenvalue weighted by Gasteiger charge is 2.09. The molecule has 2 aromatic heterocycles. The summed E-state index contributed by atoms with van der Waals surface area (Å²) < 4.78 is 5.30. The number of halogens is 1. The molecule has 0 radical (unpaired) electrons. The molecule has 1 amide bonds. The molecule has 0 aliphatic rings. The van der Waals surface area contributed by atoms with Crippen LogP contribution in [0.15, 0.2) is 28.1 Å². The predicted molar refractivity (Wildman–Crippen MR) is 94.8 cm³/mol. The van der Waals surface area contributed by atoms with Gasteiger partial charge in [0.05, 0.1) is 16.3 Å². The van der Waals surface area contributed by atoms with Crippen molar-refractivity contribution in [3.8, 4) is 10.6 Å². The summed E-state index contributed by atoms with van der Waals surface area (Å²) in [5.74, 6) is 1.93. The Bertz CT molecular complexity index is 560. The van der Waals surface area contributed by atoms with E-state index < -0.39 is 0 Å². The summed E-state index contributed by atoms with van der Waals surface area (Å²) in [5, 5.41) is 12.0. The van der Waals surface area contributed by atoms with Gasteiger partial charge in [0.15, 0.2) is 5.76 Å². The number of amides is 1. The van der Waals surface area contributed by atoms with E-state index in [1.807, 2.05) is 37.6 Å². The first-order valence-corrected chi connectivity index (χ1v) is 8.73. The number of nitrogens with one attached hydrogen (secondary N) is 2. The number of hydrogen-bond acceptors (Lipinski definition) is 6. The van der Waals surface area contributed by atoms with E-state index >= 15 is 0 Å². The van der Waals surface area contributed by atoms with E-state index in [0.717, 1.165) is 16.3 Å². The van der Waals surface area contributed by atoms with E-state index in [2.05, 4.69) is 15.8 Å². The molecule has 0 fully saturated rings. The standard InChI is InChI=1S/C14H19N3O2S2.ClH/c1-10(15-2)7-16-14(18)9-20-8-11-6-12(19-17-11)13-4-3-5-21-13;/h3-6,10,15H,7-9H2,1-2H3,(H,16,18);1H. The maximum Gasteiger partial charge on any atom is 0.230 e. The van der Waals surface area contributed by atoms with Gasteiger partial charge in [-0.25, -0.2) is 0 Å². The SMILES string of the molecule is CNC(C)CNC(=O)CSCc1cc(-c2cccs2)on1.Cl. The Balaban J connectivity index is 0.00000242. The molecule has 22 heavy (non-hydrogen) atoms. The molecule has 0 bridgehead atoms. The molecule has 1 atom stereocenters. The number of carbonyl (C=O) groups is 1. The maximum absolute atomic E-state index is 11.6. The molecule has 1 unspecified atom stereocenters. The summed E-state index contributed by atoms with van der Waals surface area (Å²) >= 11 is 3.15. The highest BCUT2D eigenvalue weighted by atomic mass is 35.5.